The number of aromatic carboxylic acids is 1. The van der Waals surface area contributed by atoms with Crippen molar-refractivity contribution in [2.24, 2.45) is 0 Å². The van der Waals surface area contributed by atoms with E-state index in [0.29, 0.717) is 29.8 Å². The number of nitrogens with one attached hydrogen (secondary N) is 1. The molecule has 0 aliphatic heterocycles. The fourth-order valence-corrected chi connectivity index (χ4v) is 2.52. The summed E-state index contributed by atoms with van der Waals surface area (Å²) >= 11 is 0. The molecule has 8 heteroatoms. The van der Waals surface area contributed by atoms with Gasteiger partial charge in [-0.2, -0.15) is 5.10 Å². The molecule has 0 aliphatic rings. The standard InChI is InChI=1S/C19H18FN5O2/c1-24(2)9-3-4-10-25-17-6-5-13(20)11-15(17)18(23-25)22-16-12-21-8-7-14(16)19(26)27/h5-8,11-12H,9-10H2,1-2H3,(H,22,23)(H,26,27). The average Bonchev–Trinajstić information content (AvgIpc) is 2.95. The van der Waals surface area contributed by atoms with Crippen LogP contribution in [0.3, 0.4) is 0 Å². The largest absolute Gasteiger partial charge is 0.478 e. The van der Waals surface area contributed by atoms with Gasteiger partial charge in [-0.05, 0) is 38.4 Å². The highest BCUT2D eigenvalue weighted by atomic mass is 19.1. The van der Waals surface area contributed by atoms with Crippen molar-refractivity contribution in [3.05, 3.63) is 48.0 Å². The Bertz CT molecular complexity index is 1050. The maximum absolute atomic E-state index is 13.8. The summed E-state index contributed by atoms with van der Waals surface area (Å²) in [6, 6.07) is 5.71. The first-order valence-corrected chi connectivity index (χ1v) is 8.16. The van der Waals surface area contributed by atoms with Crippen LogP contribution in [0, 0.1) is 17.7 Å². The zero-order valence-electron chi connectivity index (χ0n) is 14.9. The van der Waals surface area contributed by atoms with Gasteiger partial charge in [-0.15, -0.1) is 0 Å². The molecule has 7 nitrogen and oxygen atoms in total. The molecule has 0 amide bonds. The third-order valence-corrected chi connectivity index (χ3v) is 3.77. The van der Waals surface area contributed by atoms with Gasteiger partial charge in [-0.1, -0.05) is 11.8 Å². The molecule has 2 aromatic heterocycles. The van der Waals surface area contributed by atoms with E-state index in [2.05, 4.69) is 27.2 Å². The van der Waals surface area contributed by atoms with Gasteiger partial charge in [0.1, 0.15) is 12.4 Å². The summed E-state index contributed by atoms with van der Waals surface area (Å²) in [5, 5.41) is 17.3. The third kappa shape index (κ3) is 4.22. The summed E-state index contributed by atoms with van der Waals surface area (Å²) in [4.78, 5) is 17.3. The lowest BCUT2D eigenvalue weighted by Gasteiger charge is -2.06. The van der Waals surface area contributed by atoms with E-state index >= 15 is 0 Å². The minimum absolute atomic E-state index is 0.0508. The number of anilines is 2. The lowest BCUT2D eigenvalue weighted by molar-refractivity contribution is 0.0698. The zero-order chi connectivity index (χ0) is 19.4. The molecule has 0 spiro atoms. The van der Waals surface area contributed by atoms with Gasteiger partial charge in [-0.3, -0.25) is 14.6 Å². The van der Waals surface area contributed by atoms with Gasteiger partial charge in [0, 0.05) is 11.6 Å². The second kappa shape index (κ2) is 7.85. The van der Waals surface area contributed by atoms with Crippen molar-refractivity contribution < 1.29 is 14.3 Å². The molecule has 0 atom stereocenters. The van der Waals surface area contributed by atoms with Gasteiger partial charge < -0.3 is 10.4 Å². The summed E-state index contributed by atoms with van der Waals surface area (Å²) in [6.45, 7) is 0.951. The molecule has 0 unspecified atom stereocenters. The number of fused-ring (bicyclic) bond motifs is 1. The van der Waals surface area contributed by atoms with E-state index in [0.717, 1.165) is 0 Å². The minimum atomic E-state index is -1.09. The number of hydrogen-bond acceptors (Lipinski definition) is 5. The number of halogens is 1. The molecule has 2 N–H and O–H groups in total. The number of pyridine rings is 1. The predicted octanol–water partition coefficient (Wildman–Crippen LogP) is 2.58. The lowest BCUT2D eigenvalue weighted by Crippen LogP contribution is -2.11. The van der Waals surface area contributed by atoms with Crippen molar-refractivity contribution in [3.63, 3.8) is 0 Å². The van der Waals surface area contributed by atoms with Gasteiger partial charge >= 0.3 is 5.97 Å². The summed E-state index contributed by atoms with van der Waals surface area (Å²) in [6.07, 6.45) is 2.79. The van der Waals surface area contributed by atoms with Gasteiger partial charge in [0.15, 0.2) is 5.82 Å². The molecule has 27 heavy (non-hydrogen) atoms. The highest BCUT2D eigenvalue weighted by Gasteiger charge is 2.15. The second-order valence-electron chi connectivity index (χ2n) is 6.11. The van der Waals surface area contributed by atoms with Crippen molar-refractivity contribution in [1.29, 1.82) is 0 Å². The van der Waals surface area contributed by atoms with Crippen LogP contribution in [0.25, 0.3) is 10.9 Å². The second-order valence-corrected chi connectivity index (χ2v) is 6.11. The van der Waals surface area contributed by atoms with Crippen molar-refractivity contribution in [1.82, 2.24) is 19.7 Å². The van der Waals surface area contributed by atoms with Crippen molar-refractivity contribution in [2.75, 3.05) is 26.0 Å². The predicted molar refractivity (Wildman–Crippen MR) is 101 cm³/mol. The maximum atomic E-state index is 13.8. The van der Waals surface area contributed by atoms with E-state index in [4.69, 9.17) is 0 Å². The van der Waals surface area contributed by atoms with Crippen LogP contribution in [-0.4, -0.2) is 51.4 Å². The van der Waals surface area contributed by atoms with Gasteiger partial charge in [0.05, 0.1) is 29.5 Å². The topological polar surface area (TPSA) is 83.3 Å². The van der Waals surface area contributed by atoms with Crippen LogP contribution in [0.4, 0.5) is 15.9 Å². The molecule has 138 valence electrons. The van der Waals surface area contributed by atoms with E-state index in [9.17, 15) is 14.3 Å². The molecule has 2 heterocycles. The van der Waals surface area contributed by atoms with Crippen LogP contribution in [0.2, 0.25) is 0 Å². The normalized spacial score (nSPS) is 10.7. The molecule has 3 aromatic rings. The summed E-state index contributed by atoms with van der Waals surface area (Å²) in [7, 11) is 3.85. The molecule has 0 saturated heterocycles. The van der Waals surface area contributed by atoms with Crippen LogP contribution in [-0.2, 0) is 6.54 Å². The lowest BCUT2D eigenvalue weighted by atomic mass is 10.2. The van der Waals surface area contributed by atoms with E-state index < -0.39 is 11.8 Å². The number of hydrogen-bond donors (Lipinski definition) is 2. The number of carboxylic acids is 1. The number of rotatable bonds is 5. The fourth-order valence-electron chi connectivity index (χ4n) is 2.52. The molecule has 0 saturated carbocycles. The fraction of sp³-hybridized carbons (Fsp3) is 0.211. The Labute approximate surface area is 155 Å². The molecule has 0 fully saturated rings. The number of benzene rings is 1. The van der Waals surface area contributed by atoms with Crippen molar-refractivity contribution >= 4 is 28.4 Å². The summed E-state index contributed by atoms with van der Waals surface area (Å²) < 4.78 is 15.4. The quantitative estimate of drug-likeness (QED) is 0.675. The zero-order valence-corrected chi connectivity index (χ0v) is 14.9. The Hall–Kier alpha value is -3.44. The van der Waals surface area contributed by atoms with Crippen LogP contribution in [0.5, 0.6) is 0 Å². The Morgan fingerprint density at radius 2 is 2.15 bits per heavy atom. The van der Waals surface area contributed by atoms with E-state index in [-0.39, 0.29) is 11.3 Å². The molecule has 1 aromatic carbocycles. The molecular weight excluding hydrogens is 349 g/mol. The Morgan fingerprint density at radius 1 is 1.33 bits per heavy atom. The van der Waals surface area contributed by atoms with E-state index in [1.807, 2.05) is 19.0 Å². The highest BCUT2D eigenvalue weighted by Crippen LogP contribution is 2.28. The molecule has 0 aliphatic carbocycles. The van der Waals surface area contributed by atoms with Crippen LogP contribution >= 0.6 is 0 Å². The Balaban J connectivity index is 1.99. The molecule has 0 bridgehead atoms. The van der Waals surface area contributed by atoms with Crippen LogP contribution in [0.15, 0.2) is 36.7 Å². The van der Waals surface area contributed by atoms with Crippen molar-refractivity contribution in [3.8, 4) is 11.8 Å². The number of carboxylic acid groups (broad SMARTS) is 1. The third-order valence-electron chi connectivity index (χ3n) is 3.77. The highest BCUT2D eigenvalue weighted by molar-refractivity contribution is 5.97. The Kier molecular flexibility index (Phi) is 5.33. The van der Waals surface area contributed by atoms with Gasteiger partial charge in [0.2, 0.25) is 0 Å². The molecule has 3 rings (SSSR count). The first-order valence-electron chi connectivity index (χ1n) is 8.16. The summed E-state index contributed by atoms with van der Waals surface area (Å²) in [5.74, 6) is 4.89. The number of nitrogens with zero attached hydrogens (tertiary/aromatic N) is 4. The van der Waals surface area contributed by atoms with Crippen LogP contribution in [0.1, 0.15) is 10.4 Å². The number of carbonyl (C=O) groups is 1. The minimum Gasteiger partial charge on any atom is -0.478 e. The monoisotopic (exact) mass is 367 g/mol. The van der Waals surface area contributed by atoms with Gasteiger partial charge in [0.25, 0.3) is 0 Å². The van der Waals surface area contributed by atoms with E-state index in [1.165, 1.54) is 30.6 Å². The first-order chi connectivity index (χ1) is 13.0. The van der Waals surface area contributed by atoms with Gasteiger partial charge in [-0.25, -0.2) is 9.18 Å². The summed E-state index contributed by atoms with van der Waals surface area (Å²) in [5.41, 5.74) is 1.02. The molecule has 0 radical (unpaired) electrons. The smallest absolute Gasteiger partial charge is 0.337 e. The average molecular weight is 367 g/mol. The van der Waals surface area contributed by atoms with E-state index in [1.54, 1.807) is 10.7 Å². The van der Waals surface area contributed by atoms with Crippen LogP contribution < -0.4 is 5.32 Å². The number of aromatic nitrogens is 3. The maximum Gasteiger partial charge on any atom is 0.337 e. The Morgan fingerprint density at radius 3 is 2.89 bits per heavy atom. The SMILES string of the molecule is CN(C)CC#CCn1nc(Nc2cnccc2C(=O)O)c2cc(F)ccc21. The van der Waals surface area contributed by atoms with Crippen molar-refractivity contribution in [2.45, 2.75) is 6.54 Å². The molecular formula is C19H18FN5O2. The first kappa shape index (κ1) is 18.4.